The highest BCUT2D eigenvalue weighted by molar-refractivity contribution is 5.71. The summed E-state index contributed by atoms with van der Waals surface area (Å²) in [5, 5.41) is 9.72. The summed E-state index contributed by atoms with van der Waals surface area (Å²) in [6, 6.07) is 0. The van der Waals surface area contributed by atoms with Crippen LogP contribution in [-0.4, -0.2) is 87.4 Å². The maximum absolute atomic E-state index is 12.9. The van der Waals surface area contributed by atoms with E-state index in [9.17, 15) is 19.5 Å². The maximum atomic E-state index is 12.9. The molecule has 0 radical (unpaired) electrons. The van der Waals surface area contributed by atoms with Gasteiger partial charge in [-0.25, -0.2) is 4.79 Å². The molecule has 0 heterocycles. The highest BCUT2D eigenvalue weighted by atomic mass is 16.7. The fourth-order valence-electron chi connectivity index (χ4n) is 10.6. The van der Waals surface area contributed by atoms with Crippen LogP contribution < -0.4 is 0 Å². The molecule has 0 aromatic carbocycles. The average Bonchev–Trinajstić information content (AvgIpc) is 3.40. The second-order valence-corrected chi connectivity index (χ2v) is 24.9. The van der Waals surface area contributed by atoms with Gasteiger partial charge in [-0.1, -0.05) is 335 Å². The van der Waals surface area contributed by atoms with Crippen LogP contribution in [0, 0.1) is 0 Å². The first kappa shape index (κ1) is 75.3. The van der Waals surface area contributed by atoms with Gasteiger partial charge in [-0.05, 0) is 12.8 Å². The largest absolute Gasteiger partial charge is 0.477 e. The number of aliphatic carboxylic acids is 1. The highest BCUT2D eigenvalue weighted by Crippen LogP contribution is 2.19. The quantitative estimate of drug-likeness (QED) is 0.0278. The molecule has 9 nitrogen and oxygen atoms in total. The number of esters is 2. The number of carboxylic acid groups (broad SMARTS) is 1. The lowest BCUT2D eigenvalue weighted by Crippen LogP contribution is -2.40. The summed E-state index contributed by atoms with van der Waals surface area (Å²) in [4.78, 5) is 37.5. The number of carbonyl (C=O) groups is 3. The number of hydrogen-bond acceptors (Lipinski definition) is 7. The lowest BCUT2D eigenvalue weighted by atomic mass is 10.0. The Morgan fingerprint density at radius 3 is 0.831 bits per heavy atom. The number of quaternary nitrogens is 1. The van der Waals surface area contributed by atoms with Gasteiger partial charge in [-0.2, -0.15) is 0 Å². The van der Waals surface area contributed by atoms with Crippen LogP contribution in [0.3, 0.4) is 0 Å². The molecular formula is C68H134NO8+. The van der Waals surface area contributed by atoms with Crippen LogP contribution >= 0.6 is 0 Å². The smallest absolute Gasteiger partial charge is 0.361 e. The molecule has 0 aromatic heterocycles. The fraction of sp³-hybridized carbons (Fsp3) is 0.956. The van der Waals surface area contributed by atoms with E-state index in [-0.39, 0.29) is 38.2 Å². The van der Waals surface area contributed by atoms with Crippen LogP contribution in [0.4, 0.5) is 0 Å². The molecule has 0 aromatic rings. The monoisotopic (exact) mass is 1090 g/mol. The van der Waals surface area contributed by atoms with E-state index in [1.54, 1.807) is 0 Å². The Balaban J connectivity index is 3.97. The van der Waals surface area contributed by atoms with Crippen molar-refractivity contribution in [3.63, 3.8) is 0 Å². The molecular weight excluding hydrogens is 959 g/mol. The Morgan fingerprint density at radius 1 is 0.338 bits per heavy atom. The summed E-state index contributed by atoms with van der Waals surface area (Å²) in [6.07, 6.45) is 68.0. The van der Waals surface area contributed by atoms with Gasteiger partial charge >= 0.3 is 17.9 Å². The van der Waals surface area contributed by atoms with Gasteiger partial charge in [0.25, 0.3) is 6.29 Å². The zero-order valence-corrected chi connectivity index (χ0v) is 52.4. The fourth-order valence-corrected chi connectivity index (χ4v) is 10.6. The topological polar surface area (TPSA) is 108 Å². The molecule has 0 amide bonds. The van der Waals surface area contributed by atoms with E-state index >= 15 is 0 Å². The second kappa shape index (κ2) is 60.4. The molecule has 458 valence electrons. The predicted molar refractivity (Wildman–Crippen MR) is 328 cm³/mol. The standard InChI is InChI=1S/C68H133NO8/c1-6-8-10-12-14-16-18-20-22-24-25-26-27-28-29-30-31-32-33-34-35-36-37-38-39-40-41-43-45-47-49-51-53-55-57-59-66(71)77-64(63-76-68(67(72)73)74-61-60-69(3,4)5)62-75-65(70)58-56-54-52-50-48-46-44-42-23-21-19-17-15-13-11-9-7-2/h64,68H,6-63H2,1-5H3/p+1. The van der Waals surface area contributed by atoms with E-state index in [0.717, 1.165) is 38.5 Å². The first-order valence-corrected chi connectivity index (χ1v) is 34.2. The van der Waals surface area contributed by atoms with Crippen LogP contribution in [0.5, 0.6) is 0 Å². The van der Waals surface area contributed by atoms with Crippen LogP contribution in [-0.2, 0) is 33.3 Å². The average molecular weight is 1090 g/mol. The Hall–Kier alpha value is -1.71. The molecule has 0 spiro atoms. The first-order chi connectivity index (χ1) is 37.6. The number of hydrogen-bond donors (Lipinski definition) is 1. The van der Waals surface area contributed by atoms with E-state index in [0.29, 0.717) is 17.4 Å². The van der Waals surface area contributed by atoms with Crippen LogP contribution in [0.25, 0.3) is 0 Å². The Bertz CT molecular complexity index is 1220. The van der Waals surface area contributed by atoms with E-state index < -0.39 is 18.4 Å². The van der Waals surface area contributed by atoms with Gasteiger partial charge in [0.05, 0.1) is 34.4 Å². The van der Waals surface area contributed by atoms with Gasteiger partial charge in [-0.3, -0.25) is 9.59 Å². The molecule has 0 bridgehead atoms. The minimum absolute atomic E-state index is 0.172. The summed E-state index contributed by atoms with van der Waals surface area (Å²) >= 11 is 0. The number of carbonyl (C=O) groups excluding carboxylic acids is 2. The zero-order chi connectivity index (χ0) is 56.2. The van der Waals surface area contributed by atoms with Gasteiger partial charge < -0.3 is 28.5 Å². The lowest BCUT2D eigenvalue weighted by molar-refractivity contribution is -0.870. The Kier molecular flexibility index (Phi) is 59.0. The third-order valence-electron chi connectivity index (χ3n) is 15.9. The van der Waals surface area contributed by atoms with Crippen molar-refractivity contribution in [3.05, 3.63) is 0 Å². The van der Waals surface area contributed by atoms with Crippen molar-refractivity contribution in [2.75, 3.05) is 47.5 Å². The van der Waals surface area contributed by atoms with Gasteiger partial charge in [0.15, 0.2) is 6.10 Å². The SMILES string of the molecule is CCCCCCCCCCCCCCCCCCCCCCCCCCCCCCCCCCCCCC(=O)OC(COC(=O)CCCCCCCCCCCCCCCCCCC)COC(OCC[N+](C)(C)C)C(=O)O. The van der Waals surface area contributed by atoms with Crippen LogP contribution in [0.2, 0.25) is 0 Å². The third-order valence-corrected chi connectivity index (χ3v) is 15.9. The minimum Gasteiger partial charge on any atom is -0.477 e. The first-order valence-electron chi connectivity index (χ1n) is 34.2. The molecule has 77 heavy (non-hydrogen) atoms. The molecule has 0 aliphatic rings. The highest BCUT2D eigenvalue weighted by Gasteiger charge is 2.25. The number of ether oxygens (including phenoxy) is 4. The summed E-state index contributed by atoms with van der Waals surface area (Å²) in [5.41, 5.74) is 0. The molecule has 0 saturated heterocycles. The Labute approximate surface area is 479 Å². The van der Waals surface area contributed by atoms with Gasteiger partial charge in [0, 0.05) is 12.8 Å². The lowest BCUT2D eigenvalue weighted by Gasteiger charge is -2.25. The van der Waals surface area contributed by atoms with Gasteiger partial charge in [0.1, 0.15) is 13.2 Å². The van der Waals surface area contributed by atoms with E-state index in [4.69, 9.17) is 18.9 Å². The minimum atomic E-state index is -1.50. The molecule has 2 atom stereocenters. The van der Waals surface area contributed by atoms with Crippen molar-refractivity contribution in [1.82, 2.24) is 0 Å². The number of likely N-dealkylation sites (N-methyl/N-ethyl adjacent to an activating group) is 1. The van der Waals surface area contributed by atoms with E-state index in [1.165, 1.54) is 295 Å². The van der Waals surface area contributed by atoms with Crippen LogP contribution in [0.15, 0.2) is 0 Å². The zero-order valence-electron chi connectivity index (χ0n) is 52.4. The predicted octanol–water partition coefficient (Wildman–Crippen LogP) is 20.7. The molecule has 9 heteroatoms. The van der Waals surface area contributed by atoms with Crippen molar-refractivity contribution in [2.45, 2.75) is 373 Å². The van der Waals surface area contributed by atoms with Crippen LogP contribution in [0.1, 0.15) is 361 Å². The number of carboxylic acids is 1. The summed E-state index contributed by atoms with van der Waals surface area (Å²) in [6.45, 7) is 4.96. The van der Waals surface area contributed by atoms with Crippen molar-refractivity contribution >= 4 is 17.9 Å². The molecule has 0 aliphatic carbocycles. The molecule has 0 aliphatic heterocycles. The third kappa shape index (κ3) is 61.8. The van der Waals surface area contributed by atoms with Crippen molar-refractivity contribution in [2.24, 2.45) is 0 Å². The normalized spacial score (nSPS) is 12.6. The molecule has 0 saturated carbocycles. The number of rotatable bonds is 65. The molecule has 0 rings (SSSR count). The summed E-state index contributed by atoms with van der Waals surface area (Å²) in [5.74, 6) is -1.97. The summed E-state index contributed by atoms with van der Waals surface area (Å²) < 4.78 is 23.0. The second-order valence-electron chi connectivity index (χ2n) is 24.9. The van der Waals surface area contributed by atoms with Gasteiger partial charge in [-0.15, -0.1) is 0 Å². The van der Waals surface area contributed by atoms with E-state index in [2.05, 4.69) is 13.8 Å². The van der Waals surface area contributed by atoms with Gasteiger partial charge in [0.2, 0.25) is 0 Å². The van der Waals surface area contributed by atoms with E-state index in [1.807, 2.05) is 21.1 Å². The Morgan fingerprint density at radius 2 is 0.584 bits per heavy atom. The van der Waals surface area contributed by atoms with Crippen molar-refractivity contribution in [3.8, 4) is 0 Å². The summed E-state index contributed by atoms with van der Waals surface area (Å²) in [7, 11) is 5.99. The molecule has 2 unspecified atom stereocenters. The number of unbranched alkanes of at least 4 members (excludes halogenated alkanes) is 50. The number of nitrogens with zero attached hydrogens (tertiary/aromatic N) is 1. The van der Waals surface area contributed by atoms with Crippen molar-refractivity contribution in [1.29, 1.82) is 0 Å². The molecule has 0 fully saturated rings. The molecule has 1 N–H and O–H groups in total. The van der Waals surface area contributed by atoms with Crippen molar-refractivity contribution < 1.29 is 42.9 Å². The maximum Gasteiger partial charge on any atom is 0.361 e.